The molecular weight excluding hydrogens is 426 g/mol. The van der Waals surface area contributed by atoms with Crippen LogP contribution in [-0.4, -0.2) is 41.3 Å². The van der Waals surface area contributed by atoms with E-state index in [9.17, 15) is 9.59 Å². The van der Waals surface area contributed by atoms with Crippen molar-refractivity contribution >= 4 is 34.0 Å². The summed E-state index contributed by atoms with van der Waals surface area (Å²) in [4.78, 5) is 31.3. The number of nitrogens with zero attached hydrogens (tertiary/aromatic N) is 2. The van der Waals surface area contributed by atoms with Crippen molar-refractivity contribution in [3.05, 3.63) is 60.3 Å². The molecule has 0 atom stereocenters. The van der Waals surface area contributed by atoms with Gasteiger partial charge in [-0.15, -0.1) is 0 Å². The first-order valence-corrected chi connectivity index (χ1v) is 12.3. The maximum absolute atomic E-state index is 12.7. The number of hydrogen-bond donors (Lipinski definition) is 1. The highest BCUT2D eigenvalue weighted by Gasteiger charge is 2.23. The van der Waals surface area contributed by atoms with Crippen LogP contribution in [0, 0.1) is 5.92 Å². The number of rotatable bonds is 9. The highest BCUT2D eigenvalue weighted by molar-refractivity contribution is 6.09. The zero-order valence-corrected chi connectivity index (χ0v) is 20.0. The van der Waals surface area contributed by atoms with Gasteiger partial charge in [0.25, 0.3) is 0 Å². The van der Waals surface area contributed by atoms with Crippen LogP contribution < -0.4 is 10.1 Å². The summed E-state index contributed by atoms with van der Waals surface area (Å²) in [7, 11) is 0. The number of para-hydroxylation sites is 1. The Bertz CT molecular complexity index is 1140. The number of pyridine rings is 1. The second-order valence-electron chi connectivity index (χ2n) is 8.88. The van der Waals surface area contributed by atoms with Crippen molar-refractivity contribution in [2.75, 3.05) is 25.0 Å². The maximum atomic E-state index is 12.7. The first-order valence-electron chi connectivity index (χ1n) is 12.3. The molecular formula is C28H33N3O3. The maximum Gasteiger partial charge on any atom is 0.222 e. The quantitative estimate of drug-likeness (QED) is 0.398. The Morgan fingerprint density at radius 2 is 1.85 bits per heavy atom. The molecule has 1 aliphatic rings. The molecule has 1 aliphatic heterocycles. The van der Waals surface area contributed by atoms with Gasteiger partial charge < -0.3 is 15.0 Å². The van der Waals surface area contributed by atoms with Gasteiger partial charge in [-0.25, -0.2) is 0 Å². The third-order valence-corrected chi connectivity index (χ3v) is 6.42. The van der Waals surface area contributed by atoms with Gasteiger partial charge in [-0.2, -0.15) is 0 Å². The Kier molecular flexibility index (Phi) is 7.78. The van der Waals surface area contributed by atoms with Crippen LogP contribution in [0.2, 0.25) is 0 Å². The number of Topliss-reactive ketones (excluding diaryl/α,β-unsaturated/α-hetero) is 1. The molecule has 6 heteroatoms. The molecule has 2 heterocycles. The summed E-state index contributed by atoms with van der Waals surface area (Å²) in [6, 6.07) is 15.7. The van der Waals surface area contributed by atoms with E-state index in [1.165, 1.54) is 0 Å². The second kappa shape index (κ2) is 11.1. The number of likely N-dealkylation sites (tertiary alicyclic amines) is 1. The molecule has 0 bridgehead atoms. The molecule has 3 aromatic rings. The van der Waals surface area contributed by atoms with Crippen LogP contribution in [0.25, 0.3) is 10.9 Å². The van der Waals surface area contributed by atoms with Crippen LogP contribution >= 0.6 is 0 Å². The van der Waals surface area contributed by atoms with E-state index < -0.39 is 0 Å². The van der Waals surface area contributed by atoms with Crippen LogP contribution in [0.15, 0.2) is 54.7 Å². The van der Waals surface area contributed by atoms with Gasteiger partial charge in [0.2, 0.25) is 5.91 Å². The number of ketones is 1. The molecule has 6 nitrogen and oxygen atoms in total. The van der Waals surface area contributed by atoms with Gasteiger partial charge >= 0.3 is 0 Å². The minimum absolute atomic E-state index is 0.0449. The summed E-state index contributed by atoms with van der Waals surface area (Å²) >= 11 is 0. The van der Waals surface area contributed by atoms with Crippen LogP contribution in [0.4, 0.5) is 11.4 Å². The lowest BCUT2D eigenvalue weighted by Gasteiger charge is -2.32. The number of aromatic nitrogens is 1. The number of amides is 1. The standard InChI is InChI=1S/C28H33N3O3/c1-3-8-27(33)31-15-13-20(14-16-31)19-34-22-11-12-25-23(17-22)28(24(18-29-25)26(32)4-2)30-21-9-6-5-7-10-21/h5-7,9-12,17-18,20H,3-4,8,13-16,19H2,1-2H3,(H,29,30). The van der Waals surface area contributed by atoms with E-state index in [4.69, 9.17) is 4.74 Å². The largest absolute Gasteiger partial charge is 0.493 e. The van der Waals surface area contributed by atoms with Crippen LogP contribution in [-0.2, 0) is 4.79 Å². The van der Waals surface area contributed by atoms with E-state index in [-0.39, 0.29) is 11.7 Å². The van der Waals surface area contributed by atoms with Crippen molar-refractivity contribution in [2.24, 2.45) is 5.92 Å². The third kappa shape index (κ3) is 5.56. The molecule has 1 saturated heterocycles. The number of hydrogen-bond acceptors (Lipinski definition) is 5. The van der Waals surface area contributed by atoms with Gasteiger partial charge in [0.1, 0.15) is 5.75 Å². The number of piperidine rings is 1. The SMILES string of the molecule is CCCC(=O)N1CCC(COc2ccc3ncc(C(=O)CC)c(Nc4ccccc4)c3c2)CC1. The fourth-order valence-corrected chi connectivity index (χ4v) is 4.40. The smallest absolute Gasteiger partial charge is 0.222 e. The molecule has 0 aliphatic carbocycles. The fraction of sp³-hybridized carbons (Fsp3) is 0.393. The zero-order valence-electron chi connectivity index (χ0n) is 20.0. The summed E-state index contributed by atoms with van der Waals surface area (Å²) in [5.74, 6) is 1.49. The third-order valence-electron chi connectivity index (χ3n) is 6.42. The predicted molar refractivity (Wildman–Crippen MR) is 136 cm³/mol. The Balaban J connectivity index is 1.51. The fourth-order valence-electron chi connectivity index (χ4n) is 4.40. The highest BCUT2D eigenvalue weighted by Crippen LogP contribution is 2.33. The molecule has 4 rings (SSSR count). The van der Waals surface area contributed by atoms with Crippen molar-refractivity contribution in [3.63, 3.8) is 0 Å². The molecule has 2 aromatic carbocycles. The molecule has 1 aromatic heterocycles. The summed E-state index contributed by atoms with van der Waals surface area (Å²) in [6.45, 7) is 6.13. The average molecular weight is 460 g/mol. The van der Waals surface area contributed by atoms with E-state index in [0.29, 0.717) is 30.9 Å². The molecule has 0 spiro atoms. The molecule has 34 heavy (non-hydrogen) atoms. The van der Waals surface area contributed by atoms with Crippen LogP contribution in [0.1, 0.15) is 56.3 Å². The topological polar surface area (TPSA) is 71.5 Å². The zero-order chi connectivity index (χ0) is 23.9. The highest BCUT2D eigenvalue weighted by atomic mass is 16.5. The van der Waals surface area contributed by atoms with Crippen molar-refractivity contribution in [2.45, 2.75) is 46.0 Å². The van der Waals surface area contributed by atoms with Crippen molar-refractivity contribution in [1.82, 2.24) is 9.88 Å². The average Bonchev–Trinajstić information content (AvgIpc) is 2.88. The molecule has 0 saturated carbocycles. The lowest BCUT2D eigenvalue weighted by molar-refractivity contribution is -0.132. The number of benzene rings is 2. The first-order chi connectivity index (χ1) is 16.6. The monoisotopic (exact) mass is 459 g/mol. The minimum Gasteiger partial charge on any atom is -0.493 e. The lowest BCUT2D eigenvalue weighted by atomic mass is 9.97. The van der Waals surface area contributed by atoms with E-state index in [0.717, 1.165) is 60.4 Å². The van der Waals surface area contributed by atoms with Crippen molar-refractivity contribution in [1.29, 1.82) is 0 Å². The molecule has 1 N–H and O–H groups in total. The molecule has 0 radical (unpaired) electrons. The predicted octanol–water partition coefficient (Wildman–Crippen LogP) is 5.99. The van der Waals surface area contributed by atoms with E-state index >= 15 is 0 Å². The number of carbonyl (C=O) groups is 2. The number of ether oxygens (including phenoxy) is 1. The van der Waals surface area contributed by atoms with E-state index in [1.54, 1.807) is 6.20 Å². The summed E-state index contributed by atoms with van der Waals surface area (Å²) in [5.41, 5.74) is 3.06. The summed E-state index contributed by atoms with van der Waals surface area (Å²) in [5, 5.41) is 4.30. The number of anilines is 2. The van der Waals surface area contributed by atoms with E-state index in [2.05, 4.69) is 10.3 Å². The first kappa shape index (κ1) is 23.7. The Morgan fingerprint density at radius 3 is 2.56 bits per heavy atom. The van der Waals surface area contributed by atoms with Gasteiger partial charge in [-0.3, -0.25) is 14.6 Å². The van der Waals surface area contributed by atoms with Gasteiger partial charge in [0.15, 0.2) is 5.78 Å². The Labute approximate surface area is 201 Å². The summed E-state index contributed by atoms with van der Waals surface area (Å²) < 4.78 is 6.18. The molecule has 1 amide bonds. The van der Waals surface area contributed by atoms with Crippen LogP contribution in [0.3, 0.4) is 0 Å². The number of fused-ring (bicyclic) bond motifs is 1. The second-order valence-corrected chi connectivity index (χ2v) is 8.88. The molecule has 0 unspecified atom stereocenters. The minimum atomic E-state index is 0.0449. The molecule has 1 fully saturated rings. The van der Waals surface area contributed by atoms with Gasteiger partial charge in [-0.1, -0.05) is 32.0 Å². The van der Waals surface area contributed by atoms with E-state index in [1.807, 2.05) is 67.3 Å². The van der Waals surface area contributed by atoms with Gasteiger partial charge in [-0.05, 0) is 55.5 Å². The Morgan fingerprint density at radius 1 is 1.09 bits per heavy atom. The number of carbonyl (C=O) groups excluding carboxylic acids is 2. The lowest BCUT2D eigenvalue weighted by Crippen LogP contribution is -2.39. The summed E-state index contributed by atoms with van der Waals surface area (Å²) in [6.07, 6.45) is 5.51. The van der Waals surface area contributed by atoms with Gasteiger partial charge in [0.05, 0.1) is 23.4 Å². The molecule has 178 valence electrons. The Hall–Kier alpha value is -3.41. The number of nitrogens with one attached hydrogen (secondary N) is 1. The van der Waals surface area contributed by atoms with Crippen molar-refractivity contribution < 1.29 is 14.3 Å². The van der Waals surface area contributed by atoms with Gasteiger partial charge in [0, 0.05) is 43.2 Å². The van der Waals surface area contributed by atoms with Crippen molar-refractivity contribution in [3.8, 4) is 5.75 Å². The normalized spacial score (nSPS) is 14.2. The van der Waals surface area contributed by atoms with Crippen LogP contribution in [0.5, 0.6) is 5.75 Å².